The van der Waals surface area contributed by atoms with E-state index < -0.39 is 0 Å². The summed E-state index contributed by atoms with van der Waals surface area (Å²) in [7, 11) is 0. The van der Waals surface area contributed by atoms with E-state index in [1.165, 1.54) is 24.3 Å². The third kappa shape index (κ3) is 4.56. The molecule has 0 bridgehead atoms. The van der Waals surface area contributed by atoms with Crippen molar-refractivity contribution in [1.29, 1.82) is 0 Å². The highest BCUT2D eigenvalue weighted by Gasteiger charge is 2.28. The standard InChI is InChI=1S/C19H21FN4O2/c1-13-4-2-6-17(21-13)23-18(25)14-5-3-11-24(12-14)19(26)22-16-9-7-15(20)8-10-16/h2,4,6-10,14H,3,5,11-12H2,1H3,(H,22,26)(H,21,23,25). The highest BCUT2D eigenvalue weighted by Crippen LogP contribution is 2.20. The predicted octanol–water partition coefficient (Wildman–Crippen LogP) is 3.41. The maximum Gasteiger partial charge on any atom is 0.321 e. The fourth-order valence-electron chi connectivity index (χ4n) is 2.95. The number of nitrogens with zero attached hydrogens (tertiary/aromatic N) is 2. The topological polar surface area (TPSA) is 74.3 Å². The number of halogens is 1. The molecule has 3 rings (SSSR count). The van der Waals surface area contributed by atoms with Crippen LogP contribution < -0.4 is 10.6 Å². The number of carbonyl (C=O) groups excluding carboxylic acids is 2. The Bertz CT molecular complexity index is 794. The Morgan fingerprint density at radius 3 is 2.65 bits per heavy atom. The lowest BCUT2D eigenvalue weighted by Crippen LogP contribution is -2.45. The SMILES string of the molecule is Cc1cccc(NC(=O)C2CCCN(C(=O)Nc3ccc(F)cc3)C2)n1. The average molecular weight is 356 g/mol. The molecule has 0 radical (unpaired) electrons. The van der Waals surface area contributed by atoms with Gasteiger partial charge in [-0.2, -0.15) is 0 Å². The van der Waals surface area contributed by atoms with Gasteiger partial charge in [0, 0.05) is 24.5 Å². The molecule has 0 saturated carbocycles. The van der Waals surface area contributed by atoms with Crippen molar-refractivity contribution in [2.75, 3.05) is 23.7 Å². The number of pyridine rings is 1. The van der Waals surface area contributed by atoms with Gasteiger partial charge in [-0.1, -0.05) is 6.07 Å². The molecule has 1 saturated heterocycles. The van der Waals surface area contributed by atoms with Crippen molar-refractivity contribution in [3.05, 3.63) is 54.0 Å². The summed E-state index contributed by atoms with van der Waals surface area (Å²) in [5.41, 5.74) is 1.35. The van der Waals surface area contributed by atoms with Crippen LogP contribution in [0.5, 0.6) is 0 Å². The molecular formula is C19H21FN4O2. The summed E-state index contributed by atoms with van der Waals surface area (Å²) in [6.45, 7) is 2.78. The van der Waals surface area contributed by atoms with Crippen LogP contribution in [-0.2, 0) is 4.79 Å². The maximum atomic E-state index is 13.0. The highest BCUT2D eigenvalue weighted by atomic mass is 19.1. The monoisotopic (exact) mass is 356 g/mol. The van der Waals surface area contributed by atoms with Crippen molar-refractivity contribution in [2.45, 2.75) is 19.8 Å². The summed E-state index contributed by atoms with van der Waals surface area (Å²) in [4.78, 5) is 30.8. The first-order chi connectivity index (χ1) is 12.5. The molecule has 2 N–H and O–H groups in total. The zero-order chi connectivity index (χ0) is 18.5. The van der Waals surface area contributed by atoms with Gasteiger partial charge >= 0.3 is 6.03 Å². The number of rotatable bonds is 3. The van der Waals surface area contributed by atoms with Crippen LogP contribution in [0.25, 0.3) is 0 Å². The molecule has 2 aromatic rings. The van der Waals surface area contributed by atoms with Gasteiger partial charge in [0.15, 0.2) is 0 Å². The van der Waals surface area contributed by atoms with E-state index in [2.05, 4.69) is 15.6 Å². The molecule has 3 amide bonds. The summed E-state index contributed by atoms with van der Waals surface area (Å²) in [6, 6.07) is 10.7. The van der Waals surface area contributed by atoms with Crippen molar-refractivity contribution in [3.8, 4) is 0 Å². The quantitative estimate of drug-likeness (QED) is 0.885. The second-order valence-electron chi connectivity index (χ2n) is 6.38. The lowest BCUT2D eigenvalue weighted by molar-refractivity contribution is -0.121. The number of benzene rings is 1. The largest absolute Gasteiger partial charge is 0.324 e. The van der Waals surface area contributed by atoms with Crippen LogP contribution in [0, 0.1) is 18.7 Å². The van der Waals surface area contributed by atoms with Gasteiger partial charge in [-0.15, -0.1) is 0 Å². The minimum absolute atomic E-state index is 0.137. The van der Waals surface area contributed by atoms with Crippen molar-refractivity contribution in [1.82, 2.24) is 9.88 Å². The van der Waals surface area contributed by atoms with Crippen molar-refractivity contribution < 1.29 is 14.0 Å². The molecule has 0 spiro atoms. The van der Waals surface area contributed by atoms with Gasteiger partial charge in [0.05, 0.1) is 5.92 Å². The van der Waals surface area contributed by atoms with Gasteiger partial charge in [-0.25, -0.2) is 14.2 Å². The van der Waals surface area contributed by atoms with Crippen LogP contribution in [0.3, 0.4) is 0 Å². The smallest absolute Gasteiger partial charge is 0.321 e. The molecule has 6 nitrogen and oxygen atoms in total. The normalized spacial score (nSPS) is 16.8. The third-order valence-corrected chi connectivity index (χ3v) is 4.31. The van der Waals surface area contributed by atoms with E-state index in [0.29, 0.717) is 24.6 Å². The number of aryl methyl sites for hydroxylation is 1. The Morgan fingerprint density at radius 2 is 1.92 bits per heavy atom. The number of anilines is 2. The average Bonchev–Trinajstić information content (AvgIpc) is 2.64. The second kappa shape index (κ2) is 7.95. The summed E-state index contributed by atoms with van der Waals surface area (Å²) in [6.07, 6.45) is 1.47. The number of hydrogen-bond acceptors (Lipinski definition) is 3. The molecule has 1 aliphatic rings. The number of hydrogen-bond donors (Lipinski definition) is 2. The molecule has 26 heavy (non-hydrogen) atoms. The predicted molar refractivity (Wildman–Crippen MR) is 97.3 cm³/mol. The fourth-order valence-corrected chi connectivity index (χ4v) is 2.95. The molecule has 136 valence electrons. The first-order valence-electron chi connectivity index (χ1n) is 8.57. The van der Waals surface area contributed by atoms with Gasteiger partial charge in [-0.05, 0) is 56.2 Å². The summed E-state index contributed by atoms with van der Waals surface area (Å²) < 4.78 is 13.0. The van der Waals surface area contributed by atoms with Gasteiger partial charge < -0.3 is 15.5 Å². The molecule has 1 aromatic carbocycles. The molecule has 2 heterocycles. The molecule has 7 heteroatoms. The molecule has 0 aliphatic carbocycles. The van der Waals surface area contributed by atoms with E-state index in [0.717, 1.165) is 18.5 Å². The van der Waals surface area contributed by atoms with Gasteiger partial charge in [0.25, 0.3) is 0 Å². The summed E-state index contributed by atoms with van der Waals surface area (Å²) >= 11 is 0. The van der Waals surface area contributed by atoms with Crippen LogP contribution in [-0.4, -0.2) is 34.9 Å². The Labute approximate surface area is 151 Å². The fraction of sp³-hybridized carbons (Fsp3) is 0.316. The van der Waals surface area contributed by atoms with Crippen molar-refractivity contribution >= 4 is 23.4 Å². The molecular weight excluding hydrogens is 335 g/mol. The number of aromatic nitrogens is 1. The molecule has 1 unspecified atom stereocenters. The second-order valence-corrected chi connectivity index (χ2v) is 6.38. The molecule has 1 atom stereocenters. The number of piperidine rings is 1. The summed E-state index contributed by atoms with van der Waals surface area (Å²) in [5, 5.41) is 5.55. The van der Waals surface area contributed by atoms with E-state index in [4.69, 9.17) is 0 Å². The number of amides is 3. The number of carbonyl (C=O) groups is 2. The van der Waals surface area contributed by atoms with E-state index in [1.54, 1.807) is 11.0 Å². The van der Waals surface area contributed by atoms with Crippen LogP contribution >= 0.6 is 0 Å². The Morgan fingerprint density at radius 1 is 1.15 bits per heavy atom. The summed E-state index contributed by atoms with van der Waals surface area (Å²) in [5.74, 6) is -0.266. The van der Waals surface area contributed by atoms with Gasteiger partial charge in [0.2, 0.25) is 5.91 Å². The minimum Gasteiger partial charge on any atom is -0.324 e. The van der Waals surface area contributed by atoms with Crippen molar-refractivity contribution in [3.63, 3.8) is 0 Å². The van der Waals surface area contributed by atoms with Gasteiger partial charge in [0.1, 0.15) is 11.6 Å². The number of nitrogens with one attached hydrogen (secondary N) is 2. The highest BCUT2D eigenvalue weighted by molar-refractivity contribution is 5.93. The Balaban J connectivity index is 1.58. The maximum absolute atomic E-state index is 13.0. The minimum atomic E-state index is -0.359. The molecule has 1 fully saturated rings. The van der Waals surface area contributed by atoms with E-state index in [-0.39, 0.29) is 23.7 Å². The molecule has 1 aromatic heterocycles. The number of likely N-dealkylation sites (tertiary alicyclic amines) is 1. The van der Waals surface area contributed by atoms with E-state index in [1.807, 2.05) is 19.1 Å². The zero-order valence-corrected chi connectivity index (χ0v) is 14.5. The lowest BCUT2D eigenvalue weighted by Gasteiger charge is -2.32. The Kier molecular flexibility index (Phi) is 5.46. The third-order valence-electron chi connectivity index (χ3n) is 4.31. The van der Waals surface area contributed by atoms with Gasteiger partial charge in [-0.3, -0.25) is 4.79 Å². The first kappa shape index (κ1) is 17.8. The first-order valence-corrected chi connectivity index (χ1v) is 8.57. The number of urea groups is 1. The zero-order valence-electron chi connectivity index (χ0n) is 14.5. The molecule has 1 aliphatic heterocycles. The Hall–Kier alpha value is -2.96. The van der Waals surface area contributed by atoms with Crippen LogP contribution in [0.4, 0.5) is 20.7 Å². The lowest BCUT2D eigenvalue weighted by atomic mass is 9.97. The van der Waals surface area contributed by atoms with E-state index >= 15 is 0 Å². The van der Waals surface area contributed by atoms with Crippen molar-refractivity contribution in [2.24, 2.45) is 5.92 Å². The van der Waals surface area contributed by atoms with Crippen LogP contribution in [0.2, 0.25) is 0 Å². The van der Waals surface area contributed by atoms with Crippen LogP contribution in [0.15, 0.2) is 42.5 Å². The van der Waals surface area contributed by atoms with Crippen LogP contribution in [0.1, 0.15) is 18.5 Å². The van der Waals surface area contributed by atoms with E-state index in [9.17, 15) is 14.0 Å².